The number of hydrazine groups is 1. The number of nitrogens with zero attached hydrogens (tertiary/aromatic N) is 2. The molecule has 0 heterocycles. The Kier molecular flexibility index (Phi) is 8.78. The molecule has 7 nitrogen and oxygen atoms in total. The van der Waals surface area contributed by atoms with E-state index < -0.39 is 0 Å². The van der Waals surface area contributed by atoms with Crippen molar-refractivity contribution in [3.05, 3.63) is 36.5 Å². The van der Waals surface area contributed by atoms with Gasteiger partial charge in [0.15, 0.2) is 0 Å². The predicted octanol–water partition coefficient (Wildman–Crippen LogP) is 1.60. The minimum atomic E-state index is -0.359. The molecular formula is C19H30N4O3. The highest BCUT2D eigenvalue weighted by Gasteiger charge is 2.45. The fraction of sp³-hybridized carbons (Fsp3) is 0.526. The van der Waals surface area contributed by atoms with Crippen LogP contribution in [0.1, 0.15) is 26.2 Å². The molecule has 1 saturated carbocycles. The van der Waals surface area contributed by atoms with Crippen LogP contribution in [0.5, 0.6) is 0 Å². The van der Waals surface area contributed by atoms with Gasteiger partial charge in [-0.25, -0.2) is 0 Å². The second kappa shape index (κ2) is 10.6. The number of hydrogen-bond acceptors (Lipinski definition) is 4. The summed E-state index contributed by atoms with van der Waals surface area (Å²) in [6.45, 7) is 6.19. The third-order valence-corrected chi connectivity index (χ3v) is 4.59. The molecule has 0 spiro atoms. The molecular weight excluding hydrogens is 332 g/mol. The molecule has 1 atom stereocenters. The highest BCUT2D eigenvalue weighted by Crippen LogP contribution is 2.47. The Bertz CT molecular complexity index is 592. The maximum Gasteiger partial charge on any atom is 0.288 e. The van der Waals surface area contributed by atoms with E-state index in [1.54, 1.807) is 13.2 Å². The van der Waals surface area contributed by atoms with Crippen LogP contribution in [0.25, 0.3) is 0 Å². The quantitative estimate of drug-likeness (QED) is 0.215. The van der Waals surface area contributed by atoms with Gasteiger partial charge in [0.25, 0.3) is 5.91 Å². The van der Waals surface area contributed by atoms with Crippen molar-refractivity contribution in [2.45, 2.75) is 32.3 Å². The molecule has 26 heavy (non-hydrogen) atoms. The molecule has 0 aromatic heterocycles. The van der Waals surface area contributed by atoms with Crippen molar-refractivity contribution < 1.29 is 14.3 Å². The maximum absolute atomic E-state index is 12.4. The smallest absolute Gasteiger partial charge is 0.288 e. The molecule has 0 aromatic rings. The molecule has 7 heteroatoms. The standard InChI is InChI=1S/C19H30N4O3/c1-6-9-15(10-7-2)16(26-5)19(11-8-12-19)13-21-18(25)17(20-3)22-23(4)14-24/h6-7,9-10,14,16H,1,8,11-13H2,2-5H3,(H,20,22)(H,21,25)/b10-7-,15-9+. The number of rotatable bonds is 9. The topological polar surface area (TPSA) is 83.0 Å². The lowest BCUT2D eigenvalue weighted by molar-refractivity contribution is -0.119. The van der Waals surface area contributed by atoms with Gasteiger partial charge in [-0.3, -0.25) is 25.0 Å². The fourth-order valence-electron chi connectivity index (χ4n) is 3.20. The van der Waals surface area contributed by atoms with Gasteiger partial charge < -0.3 is 10.1 Å². The van der Waals surface area contributed by atoms with Crippen molar-refractivity contribution in [2.24, 2.45) is 10.4 Å². The molecule has 2 amide bonds. The third kappa shape index (κ3) is 5.29. The summed E-state index contributed by atoms with van der Waals surface area (Å²) < 4.78 is 5.81. The van der Waals surface area contributed by atoms with Crippen molar-refractivity contribution in [3.63, 3.8) is 0 Å². The predicted molar refractivity (Wildman–Crippen MR) is 104 cm³/mol. The zero-order valence-corrected chi connectivity index (χ0v) is 16.1. The van der Waals surface area contributed by atoms with Gasteiger partial charge in [0.2, 0.25) is 12.2 Å². The first-order valence-corrected chi connectivity index (χ1v) is 8.65. The number of aliphatic imine (C=N–C) groups is 1. The van der Waals surface area contributed by atoms with E-state index in [-0.39, 0.29) is 23.3 Å². The van der Waals surface area contributed by atoms with E-state index in [0.717, 1.165) is 29.8 Å². The van der Waals surface area contributed by atoms with Crippen molar-refractivity contribution in [1.29, 1.82) is 0 Å². The van der Waals surface area contributed by atoms with Gasteiger partial charge in [0, 0.05) is 33.2 Å². The normalized spacial score (nSPS) is 18.0. The van der Waals surface area contributed by atoms with Crippen molar-refractivity contribution in [2.75, 3.05) is 27.7 Å². The number of nitrogens with one attached hydrogen (secondary N) is 2. The number of carbonyl (C=O) groups excluding carboxylic acids is 2. The molecule has 0 aromatic carbocycles. The average molecular weight is 362 g/mol. The molecule has 2 N–H and O–H groups in total. The van der Waals surface area contributed by atoms with E-state index in [4.69, 9.17) is 4.74 Å². The van der Waals surface area contributed by atoms with Crippen LogP contribution in [0.4, 0.5) is 0 Å². The van der Waals surface area contributed by atoms with E-state index in [9.17, 15) is 9.59 Å². The Balaban J connectivity index is 2.89. The van der Waals surface area contributed by atoms with Gasteiger partial charge in [-0.1, -0.05) is 37.3 Å². The lowest BCUT2D eigenvalue weighted by Crippen LogP contribution is -2.54. The van der Waals surface area contributed by atoms with Gasteiger partial charge >= 0.3 is 0 Å². The molecule has 0 aliphatic heterocycles. The van der Waals surface area contributed by atoms with E-state index in [2.05, 4.69) is 22.3 Å². The van der Waals surface area contributed by atoms with Gasteiger partial charge in [-0.05, 0) is 25.3 Å². The Hall–Kier alpha value is -2.41. The number of ether oxygens (including phenoxy) is 1. The molecule has 0 bridgehead atoms. The third-order valence-electron chi connectivity index (χ3n) is 4.59. The summed E-state index contributed by atoms with van der Waals surface area (Å²) in [6.07, 6.45) is 11.1. The molecule has 0 saturated heterocycles. The van der Waals surface area contributed by atoms with Gasteiger partial charge in [0.1, 0.15) is 0 Å². The zero-order valence-electron chi connectivity index (χ0n) is 16.1. The Labute approximate surface area is 155 Å². The van der Waals surface area contributed by atoms with Crippen LogP contribution in [0.2, 0.25) is 0 Å². The highest BCUT2D eigenvalue weighted by atomic mass is 16.5. The van der Waals surface area contributed by atoms with Crippen molar-refractivity contribution >= 4 is 18.2 Å². The van der Waals surface area contributed by atoms with Crippen molar-refractivity contribution in [3.8, 4) is 0 Å². The largest absolute Gasteiger partial charge is 0.376 e. The average Bonchev–Trinajstić information content (AvgIpc) is 2.61. The first kappa shape index (κ1) is 21.6. The van der Waals surface area contributed by atoms with Crippen LogP contribution in [0.15, 0.2) is 41.4 Å². The molecule has 0 radical (unpaired) electrons. The van der Waals surface area contributed by atoms with Crippen molar-refractivity contribution in [1.82, 2.24) is 15.8 Å². The minimum Gasteiger partial charge on any atom is -0.376 e. The number of carbonyl (C=O) groups is 2. The summed E-state index contributed by atoms with van der Waals surface area (Å²) >= 11 is 0. The van der Waals surface area contributed by atoms with Gasteiger partial charge in [0.05, 0.1) is 6.10 Å². The highest BCUT2D eigenvalue weighted by molar-refractivity contribution is 6.37. The zero-order chi connectivity index (χ0) is 19.6. The number of hydrogen-bond donors (Lipinski definition) is 2. The number of amides is 2. The monoisotopic (exact) mass is 362 g/mol. The Morgan fingerprint density at radius 1 is 1.46 bits per heavy atom. The van der Waals surface area contributed by atoms with Crippen LogP contribution in [0, 0.1) is 5.41 Å². The SMILES string of the molecule is C=C/C=C(\C=C/C)C(OC)C1(CNC(=O)C(=NC)NN(C)C=O)CCC1. The lowest BCUT2D eigenvalue weighted by atomic mass is 9.63. The second-order valence-electron chi connectivity index (χ2n) is 6.32. The van der Waals surface area contributed by atoms with Crippen LogP contribution in [-0.2, 0) is 14.3 Å². The molecule has 144 valence electrons. The minimum absolute atomic E-state index is 0.0818. The van der Waals surface area contributed by atoms with E-state index in [0.29, 0.717) is 13.0 Å². The maximum atomic E-state index is 12.4. The first-order chi connectivity index (χ1) is 12.5. The fourth-order valence-corrected chi connectivity index (χ4v) is 3.20. The molecule has 1 aliphatic rings. The summed E-state index contributed by atoms with van der Waals surface area (Å²) in [6, 6.07) is 0. The summed E-state index contributed by atoms with van der Waals surface area (Å²) in [5.41, 5.74) is 3.49. The van der Waals surface area contributed by atoms with Crippen LogP contribution in [0.3, 0.4) is 0 Å². The number of methoxy groups -OCH3 is 1. The van der Waals surface area contributed by atoms with Gasteiger partial charge in [-0.15, -0.1) is 0 Å². The first-order valence-electron chi connectivity index (χ1n) is 8.65. The second-order valence-corrected chi connectivity index (χ2v) is 6.32. The molecule has 1 aliphatic carbocycles. The van der Waals surface area contributed by atoms with Crippen LogP contribution < -0.4 is 10.7 Å². The molecule has 1 fully saturated rings. The summed E-state index contributed by atoms with van der Waals surface area (Å²) in [5.74, 6) is -0.277. The summed E-state index contributed by atoms with van der Waals surface area (Å²) in [5, 5.41) is 4.06. The summed E-state index contributed by atoms with van der Waals surface area (Å²) in [4.78, 5) is 27.0. The molecule has 1 rings (SSSR count). The van der Waals surface area contributed by atoms with E-state index in [1.165, 1.54) is 14.1 Å². The Morgan fingerprint density at radius 3 is 2.58 bits per heavy atom. The van der Waals surface area contributed by atoms with Crippen LogP contribution >= 0.6 is 0 Å². The van der Waals surface area contributed by atoms with Gasteiger partial charge in [-0.2, -0.15) is 0 Å². The van der Waals surface area contributed by atoms with Crippen LogP contribution in [-0.4, -0.2) is 57.0 Å². The number of amidine groups is 1. The summed E-state index contributed by atoms with van der Waals surface area (Å²) in [7, 11) is 4.68. The number of allylic oxidation sites excluding steroid dienone is 3. The Morgan fingerprint density at radius 2 is 2.15 bits per heavy atom. The van der Waals surface area contributed by atoms with E-state index in [1.807, 2.05) is 25.2 Å². The van der Waals surface area contributed by atoms with E-state index >= 15 is 0 Å². The molecule has 1 unspecified atom stereocenters. The lowest BCUT2D eigenvalue weighted by Gasteiger charge is -2.47.